The number of aryl methyl sites for hydroxylation is 3. The average molecular weight is 498 g/mol. The Morgan fingerprint density at radius 1 is 1.03 bits per heavy atom. The number of rotatable bonds is 8. The summed E-state index contributed by atoms with van der Waals surface area (Å²) in [6, 6.07) is 21.0. The number of benzene rings is 2. The zero-order chi connectivity index (χ0) is 26.4. The Kier molecular flexibility index (Phi) is 8.45. The minimum Gasteiger partial charge on any atom is -0.466 e. The molecule has 0 radical (unpaired) electrons. The molecule has 0 unspecified atom stereocenters. The van der Waals surface area contributed by atoms with Crippen molar-refractivity contribution >= 4 is 11.9 Å². The summed E-state index contributed by atoms with van der Waals surface area (Å²) in [5.41, 5.74) is 7.73. The summed E-state index contributed by atoms with van der Waals surface area (Å²) in [5.74, 6) is -0.134. The minimum atomic E-state index is -0.146. The van der Waals surface area contributed by atoms with Gasteiger partial charge in [0.15, 0.2) is 0 Å². The molecule has 37 heavy (non-hydrogen) atoms. The van der Waals surface area contributed by atoms with E-state index in [1.165, 1.54) is 11.1 Å². The predicted octanol–water partition coefficient (Wildman–Crippen LogP) is 5.56. The van der Waals surface area contributed by atoms with Crippen molar-refractivity contribution < 1.29 is 14.3 Å². The summed E-state index contributed by atoms with van der Waals surface area (Å²) < 4.78 is 7.38. The molecule has 0 saturated carbocycles. The lowest BCUT2D eigenvalue weighted by molar-refractivity contribution is -0.151. The van der Waals surface area contributed by atoms with Crippen LogP contribution in [0.15, 0.2) is 54.6 Å². The number of likely N-dealkylation sites (tertiary alicyclic amines) is 1. The van der Waals surface area contributed by atoms with E-state index in [0.29, 0.717) is 51.8 Å². The summed E-state index contributed by atoms with van der Waals surface area (Å²) in [7, 11) is 0. The van der Waals surface area contributed by atoms with Crippen LogP contribution in [-0.2, 0) is 27.2 Å². The molecule has 1 saturated heterocycles. The highest BCUT2D eigenvalue weighted by Gasteiger charge is 2.28. The van der Waals surface area contributed by atoms with E-state index in [1.807, 2.05) is 36.1 Å². The molecule has 1 amide bonds. The molecule has 6 heteroatoms. The van der Waals surface area contributed by atoms with Crippen molar-refractivity contribution in [2.24, 2.45) is 5.92 Å². The van der Waals surface area contributed by atoms with Crippen LogP contribution in [0.4, 0.5) is 0 Å². The first-order valence-electron chi connectivity index (χ1n) is 13.1. The van der Waals surface area contributed by atoms with Gasteiger partial charge in [0, 0.05) is 36.5 Å². The standard InChI is InChI=1S/C31H35N3O3/c1-4-37-31(36)25-16-19-33(20-17-25)30(35)14-11-27-10-13-29(28-12-5-22(2)21-23(28)3)34(27)26-8-6-24(7-9-26)15-18-32/h5-10,12-13,21,25H,4,11,14-17,19-20H2,1-3H3. The summed E-state index contributed by atoms with van der Waals surface area (Å²) in [4.78, 5) is 27.0. The van der Waals surface area contributed by atoms with Gasteiger partial charge >= 0.3 is 5.97 Å². The molecule has 1 aliphatic heterocycles. The van der Waals surface area contributed by atoms with Crippen molar-refractivity contribution in [1.29, 1.82) is 5.26 Å². The first-order chi connectivity index (χ1) is 17.9. The molecule has 2 heterocycles. The number of carbonyl (C=O) groups excluding carboxylic acids is 2. The molecule has 1 aliphatic rings. The van der Waals surface area contributed by atoms with Gasteiger partial charge in [-0.3, -0.25) is 9.59 Å². The van der Waals surface area contributed by atoms with Crippen LogP contribution in [0, 0.1) is 31.1 Å². The van der Waals surface area contributed by atoms with Crippen molar-refractivity contribution in [3.8, 4) is 23.0 Å². The highest BCUT2D eigenvalue weighted by Crippen LogP contribution is 2.31. The first kappa shape index (κ1) is 26.2. The van der Waals surface area contributed by atoms with Crippen LogP contribution in [0.25, 0.3) is 16.9 Å². The SMILES string of the molecule is CCOC(=O)C1CCN(C(=O)CCc2ccc(-c3ccc(C)cc3C)n2-c2ccc(CC#N)cc2)CC1. The van der Waals surface area contributed by atoms with Gasteiger partial charge in [-0.1, -0.05) is 35.9 Å². The molecule has 192 valence electrons. The molecule has 0 bridgehead atoms. The molecule has 0 atom stereocenters. The van der Waals surface area contributed by atoms with E-state index in [1.54, 1.807) is 0 Å². The zero-order valence-corrected chi connectivity index (χ0v) is 22.0. The van der Waals surface area contributed by atoms with Crippen LogP contribution >= 0.6 is 0 Å². The monoisotopic (exact) mass is 497 g/mol. The van der Waals surface area contributed by atoms with Gasteiger partial charge in [-0.25, -0.2) is 0 Å². The number of aromatic nitrogens is 1. The molecule has 4 rings (SSSR count). The third kappa shape index (κ3) is 6.11. The fourth-order valence-electron chi connectivity index (χ4n) is 5.16. The maximum atomic E-state index is 13.1. The smallest absolute Gasteiger partial charge is 0.309 e. The van der Waals surface area contributed by atoms with Crippen molar-refractivity contribution in [3.63, 3.8) is 0 Å². The fourth-order valence-corrected chi connectivity index (χ4v) is 5.16. The highest BCUT2D eigenvalue weighted by atomic mass is 16.5. The van der Waals surface area contributed by atoms with Crippen LogP contribution in [0.3, 0.4) is 0 Å². The van der Waals surface area contributed by atoms with Gasteiger partial charge in [-0.2, -0.15) is 5.26 Å². The van der Waals surface area contributed by atoms with Crippen LogP contribution in [0.5, 0.6) is 0 Å². The Morgan fingerprint density at radius 3 is 2.41 bits per heavy atom. The van der Waals surface area contributed by atoms with Crippen LogP contribution in [0.2, 0.25) is 0 Å². The molecule has 1 fully saturated rings. The van der Waals surface area contributed by atoms with Gasteiger partial charge in [0.25, 0.3) is 0 Å². The lowest BCUT2D eigenvalue weighted by Crippen LogP contribution is -2.40. The quantitative estimate of drug-likeness (QED) is 0.382. The molecule has 6 nitrogen and oxygen atoms in total. The number of piperidine rings is 1. The largest absolute Gasteiger partial charge is 0.466 e. The first-order valence-corrected chi connectivity index (χ1v) is 13.1. The van der Waals surface area contributed by atoms with Crippen LogP contribution in [-0.4, -0.2) is 41.0 Å². The van der Waals surface area contributed by atoms with E-state index in [4.69, 9.17) is 10.00 Å². The third-order valence-corrected chi connectivity index (χ3v) is 7.16. The second-order valence-corrected chi connectivity index (χ2v) is 9.77. The number of amides is 1. The van der Waals surface area contributed by atoms with E-state index in [-0.39, 0.29) is 17.8 Å². The summed E-state index contributed by atoms with van der Waals surface area (Å²) in [6.45, 7) is 7.62. The lowest BCUT2D eigenvalue weighted by Gasteiger charge is -2.31. The third-order valence-electron chi connectivity index (χ3n) is 7.16. The Hall–Kier alpha value is -3.85. The number of carbonyl (C=O) groups is 2. The molecule has 0 N–H and O–H groups in total. The summed E-state index contributed by atoms with van der Waals surface area (Å²) in [6.07, 6.45) is 2.72. The Labute approximate surface area is 219 Å². The summed E-state index contributed by atoms with van der Waals surface area (Å²) >= 11 is 0. The minimum absolute atomic E-state index is 0.106. The molecule has 1 aromatic heterocycles. The van der Waals surface area contributed by atoms with E-state index >= 15 is 0 Å². The van der Waals surface area contributed by atoms with E-state index < -0.39 is 0 Å². The van der Waals surface area contributed by atoms with Gasteiger partial charge in [-0.05, 0) is 75.4 Å². The highest BCUT2D eigenvalue weighted by molar-refractivity contribution is 5.78. The van der Waals surface area contributed by atoms with E-state index in [9.17, 15) is 9.59 Å². The van der Waals surface area contributed by atoms with Gasteiger partial charge in [0.2, 0.25) is 5.91 Å². The van der Waals surface area contributed by atoms with E-state index in [2.05, 4.69) is 54.8 Å². The van der Waals surface area contributed by atoms with Gasteiger partial charge in [0.05, 0.1) is 30.7 Å². The number of nitrogens with zero attached hydrogens (tertiary/aromatic N) is 3. The Morgan fingerprint density at radius 2 is 1.76 bits per heavy atom. The molecule has 0 spiro atoms. The molecular formula is C31H35N3O3. The topological polar surface area (TPSA) is 75.3 Å². The molecule has 2 aromatic carbocycles. The number of hydrogen-bond acceptors (Lipinski definition) is 4. The number of ether oxygens (including phenoxy) is 1. The zero-order valence-electron chi connectivity index (χ0n) is 22.0. The number of hydrogen-bond donors (Lipinski definition) is 0. The van der Waals surface area contributed by atoms with Gasteiger partial charge in [-0.15, -0.1) is 0 Å². The average Bonchev–Trinajstić information content (AvgIpc) is 3.31. The lowest BCUT2D eigenvalue weighted by atomic mass is 9.96. The predicted molar refractivity (Wildman–Crippen MR) is 144 cm³/mol. The summed E-state index contributed by atoms with van der Waals surface area (Å²) in [5, 5.41) is 9.04. The molecule has 0 aliphatic carbocycles. The van der Waals surface area contributed by atoms with Crippen molar-refractivity contribution in [3.05, 3.63) is 77.0 Å². The van der Waals surface area contributed by atoms with Crippen molar-refractivity contribution in [1.82, 2.24) is 9.47 Å². The Balaban J connectivity index is 1.54. The van der Waals surface area contributed by atoms with Gasteiger partial charge in [0.1, 0.15) is 0 Å². The van der Waals surface area contributed by atoms with Crippen molar-refractivity contribution in [2.45, 2.75) is 52.9 Å². The number of nitriles is 1. The second-order valence-electron chi connectivity index (χ2n) is 9.77. The maximum Gasteiger partial charge on any atom is 0.309 e. The van der Waals surface area contributed by atoms with Crippen LogP contribution in [0.1, 0.15) is 48.6 Å². The Bertz CT molecular complexity index is 1290. The van der Waals surface area contributed by atoms with E-state index in [0.717, 1.165) is 28.2 Å². The second kappa shape index (κ2) is 11.9. The maximum absolute atomic E-state index is 13.1. The fraction of sp³-hybridized carbons (Fsp3) is 0.387. The van der Waals surface area contributed by atoms with Gasteiger partial charge < -0.3 is 14.2 Å². The number of esters is 1. The van der Waals surface area contributed by atoms with Crippen molar-refractivity contribution in [2.75, 3.05) is 19.7 Å². The van der Waals surface area contributed by atoms with Crippen LogP contribution < -0.4 is 0 Å². The normalized spacial score (nSPS) is 13.8. The molecular weight excluding hydrogens is 462 g/mol. The molecule has 3 aromatic rings.